The van der Waals surface area contributed by atoms with Crippen molar-refractivity contribution in [1.29, 1.82) is 0 Å². The van der Waals surface area contributed by atoms with Crippen LogP contribution >= 0.6 is 0 Å². The maximum atomic E-state index is 12.3. The van der Waals surface area contributed by atoms with Crippen molar-refractivity contribution in [2.45, 2.75) is 13.5 Å². The number of nitrogens with one attached hydrogen (secondary N) is 1. The molecule has 1 amide bonds. The van der Waals surface area contributed by atoms with E-state index in [1.807, 2.05) is 31.2 Å². The molecule has 0 bridgehead atoms. The van der Waals surface area contributed by atoms with E-state index in [0.29, 0.717) is 12.3 Å². The first-order chi connectivity index (χ1) is 13.1. The topological polar surface area (TPSA) is 93.5 Å². The Morgan fingerprint density at radius 3 is 2.59 bits per heavy atom. The maximum absolute atomic E-state index is 12.3. The number of benzene rings is 2. The fourth-order valence-corrected chi connectivity index (χ4v) is 2.51. The molecule has 2 N–H and O–H groups in total. The smallest absolute Gasteiger partial charge is 0.254 e. The van der Waals surface area contributed by atoms with Crippen molar-refractivity contribution in [2.24, 2.45) is 0 Å². The molecule has 27 heavy (non-hydrogen) atoms. The van der Waals surface area contributed by atoms with Crippen molar-refractivity contribution >= 4 is 11.6 Å². The Morgan fingerprint density at radius 2 is 1.93 bits per heavy atom. The van der Waals surface area contributed by atoms with Crippen LogP contribution in [0.2, 0.25) is 0 Å². The molecule has 1 heterocycles. The Hall–Kier alpha value is -3.61. The molecule has 0 aliphatic rings. The van der Waals surface area contributed by atoms with Crippen molar-refractivity contribution < 1.29 is 14.6 Å². The molecular formula is C20H19N3O4. The Kier molecular flexibility index (Phi) is 5.51. The highest BCUT2D eigenvalue weighted by Gasteiger charge is 2.09. The van der Waals surface area contributed by atoms with Crippen molar-refractivity contribution in [1.82, 2.24) is 9.55 Å². The molecular weight excluding hydrogens is 346 g/mol. The average Bonchev–Trinajstić information content (AvgIpc) is 2.66. The summed E-state index contributed by atoms with van der Waals surface area (Å²) < 4.78 is 6.59. The quantitative estimate of drug-likeness (QED) is 0.655. The number of amides is 1. The van der Waals surface area contributed by atoms with Crippen LogP contribution in [0, 0.1) is 0 Å². The molecule has 0 atom stereocenters. The van der Waals surface area contributed by atoms with E-state index in [1.165, 1.54) is 23.0 Å². The lowest BCUT2D eigenvalue weighted by molar-refractivity contribution is -0.116. The largest absolute Gasteiger partial charge is 0.506 e. The minimum Gasteiger partial charge on any atom is -0.506 e. The van der Waals surface area contributed by atoms with Gasteiger partial charge >= 0.3 is 0 Å². The second kappa shape index (κ2) is 8.18. The number of aromatic nitrogens is 2. The van der Waals surface area contributed by atoms with E-state index in [9.17, 15) is 14.7 Å². The minimum atomic E-state index is -0.436. The van der Waals surface area contributed by atoms with Gasteiger partial charge in [-0.1, -0.05) is 12.1 Å². The zero-order chi connectivity index (χ0) is 19.2. The van der Waals surface area contributed by atoms with Crippen molar-refractivity contribution in [3.63, 3.8) is 0 Å². The molecule has 0 aliphatic carbocycles. The Morgan fingerprint density at radius 1 is 1.19 bits per heavy atom. The summed E-state index contributed by atoms with van der Waals surface area (Å²) >= 11 is 0. The SMILES string of the molecule is CCOc1ccc(-c2cc(=O)n(CC(=O)Nc3ccccc3O)cn2)cc1. The number of ether oxygens (including phenoxy) is 1. The molecule has 3 aromatic rings. The monoisotopic (exact) mass is 365 g/mol. The first-order valence-electron chi connectivity index (χ1n) is 8.44. The number of carbonyl (C=O) groups is 1. The Labute approximate surface area is 155 Å². The first kappa shape index (κ1) is 18.2. The number of nitrogens with zero attached hydrogens (tertiary/aromatic N) is 2. The van der Waals surface area contributed by atoms with E-state index < -0.39 is 5.91 Å². The number of carbonyl (C=O) groups excluding carboxylic acids is 1. The molecule has 0 saturated heterocycles. The van der Waals surface area contributed by atoms with Gasteiger partial charge in [0.1, 0.15) is 18.0 Å². The standard InChI is InChI=1S/C20H19N3O4/c1-2-27-15-9-7-14(8-10-15)17-11-20(26)23(13-21-17)12-19(25)22-16-5-3-4-6-18(16)24/h3-11,13,24H,2,12H2,1H3,(H,22,25). The molecule has 0 spiro atoms. The molecule has 7 heteroatoms. The summed E-state index contributed by atoms with van der Waals surface area (Å²) in [6, 6.07) is 15.0. The summed E-state index contributed by atoms with van der Waals surface area (Å²) in [7, 11) is 0. The zero-order valence-corrected chi connectivity index (χ0v) is 14.8. The number of rotatable bonds is 6. The molecule has 0 fully saturated rings. The minimum absolute atomic E-state index is 0.0397. The van der Waals surface area contributed by atoms with E-state index in [2.05, 4.69) is 10.3 Å². The number of hydrogen-bond donors (Lipinski definition) is 2. The predicted molar refractivity (Wildman–Crippen MR) is 102 cm³/mol. The number of hydrogen-bond acceptors (Lipinski definition) is 5. The highest BCUT2D eigenvalue weighted by molar-refractivity contribution is 5.92. The third kappa shape index (κ3) is 4.52. The fourth-order valence-electron chi connectivity index (χ4n) is 2.51. The van der Waals surface area contributed by atoms with Crippen LogP contribution in [-0.2, 0) is 11.3 Å². The van der Waals surface area contributed by atoms with Gasteiger partial charge in [0, 0.05) is 11.6 Å². The van der Waals surface area contributed by atoms with E-state index in [1.54, 1.807) is 18.2 Å². The third-order valence-electron chi connectivity index (χ3n) is 3.83. The fraction of sp³-hybridized carbons (Fsp3) is 0.150. The molecule has 0 unspecified atom stereocenters. The van der Waals surface area contributed by atoms with Gasteiger partial charge in [-0.05, 0) is 43.3 Å². The van der Waals surface area contributed by atoms with Crippen LogP contribution in [0.1, 0.15) is 6.92 Å². The summed E-state index contributed by atoms with van der Waals surface area (Å²) in [5.41, 5.74) is 1.23. The summed E-state index contributed by atoms with van der Waals surface area (Å²) in [4.78, 5) is 28.7. The number of phenols is 1. The molecule has 2 aromatic carbocycles. The second-order valence-corrected chi connectivity index (χ2v) is 5.76. The van der Waals surface area contributed by atoms with Gasteiger partial charge < -0.3 is 15.2 Å². The van der Waals surface area contributed by atoms with Crippen LogP contribution in [0.5, 0.6) is 11.5 Å². The van der Waals surface area contributed by atoms with Crippen molar-refractivity contribution in [2.75, 3.05) is 11.9 Å². The number of para-hydroxylation sites is 2. The van der Waals surface area contributed by atoms with Gasteiger partial charge in [0.25, 0.3) is 5.56 Å². The predicted octanol–water partition coefficient (Wildman–Crippen LogP) is 2.65. The highest BCUT2D eigenvalue weighted by Crippen LogP contribution is 2.21. The van der Waals surface area contributed by atoms with Gasteiger partial charge in [0.05, 0.1) is 24.3 Å². The molecule has 0 aliphatic heterocycles. The Balaban J connectivity index is 1.72. The number of anilines is 1. The van der Waals surface area contributed by atoms with Gasteiger partial charge in [-0.2, -0.15) is 0 Å². The lowest BCUT2D eigenvalue weighted by atomic mass is 10.1. The molecule has 0 saturated carbocycles. The van der Waals surface area contributed by atoms with E-state index >= 15 is 0 Å². The van der Waals surface area contributed by atoms with Gasteiger partial charge in [-0.15, -0.1) is 0 Å². The first-order valence-corrected chi connectivity index (χ1v) is 8.44. The second-order valence-electron chi connectivity index (χ2n) is 5.76. The Bertz CT molecular complexity index is 997. The van der Waals surface area contributed by atoms with Crippen LogP contribution in [0.4, 0.5) is 5.69 Å². The van der Waals surface area contributed by atoms with E-state index in [-0.39, 0.29) is 23.5 Å². The number of phenolic OH excluding ortho intramolecular Hbond substituents is 1. The molecule has 1 aromatic heterocycles. The van der Waals surface area contributed by atoms with Crippen LogP contribution < -0.4 is 15.6 Å². The molecule has 0 radical (unpaired) electrons. The van der Waals surface area contributed by atoms with E-state index in [0.717, 1.165) is 11.3 Å². The van der Waals surface area contributed by atoms with Crippen molar-refractivity contribution in [3.8, 4) is 22.8 Å². The average molecular weight is 365 g/mol. The van der Waals surface area contributed by atoms with Crippen LogP contribution in [0.15, 0.2) is 65.7 Å². The van der Waals surface area contributed by atoms with Crippen LogP contribution in [0.3, 0.4) is 0 Å². The van der Waals surface area contributed by atoms with Gasteiger partial charge in [-0.25, -0.2) is 4.98 Å². The van der Waals surface area contributed by atoms with Crippen molar-refractivity contribution in [3.05, 3.63) is 71.3 Å². The van der Waals surface area contributed by atoms with Gasteiger partial charge in [0.15, 0.2) is 0 Å². The molecule has 7 nitrogen and oxygen atoms in total. The third-order valence-corrected chi connectivity index (χ3v) is 3.83. The summed E-state index contributed by atoms with van der Waals surface area (Å²) in [5.74, 6) is 0.270. The van der Waals surface area contributed by atoms with Crippen LogP contribution in [-0.4, -0.2) is 27.2 Å². The normalized spacial score (nSPS) is 10.4. The summed E-state index contributed by atoms with van der Waals surface area (Å²) in [5, 5.41) is 12.3. The lowest BCUT2D eigenvalue weighted by Crippen LogP contribution is -2.27. The van der Waals surface area contributed by atoms with Crippen LogP contribution in [0.25, 0.3) is 11.3 Å². The molecule has 3 rings (SSSR count). The molecule has 138 valence electrons. The highest BCUT2D eigenvalue weighted by atomic mass is 16.5. The summed E-state index contributed by atoms with van der Waals surface area (Å²) in [6.45, 7) is 2.28. The summed E-state index contributed by atoms with van der Waals surface area (Å²) in [6.07, 6.45) is 1.33. The van der Waals surface area contributed by atoms with Gasteiger partial charge in [-0.3, -0.25) is 14.2 Å². The zero-order valence-electron chi connectivity index (χ0n) is 14.8. The number of aromatic hydroxyl groups is 1. The lowest BCUT2D eigenvalue weighted by Gasteiger charge is -2.09. The van der Waals surface area contributed by atoms with E-state index in [4.69, 9.17) is 4.74 Å². The maximum Gasteiger partial charge on any atom is 0.254 e. The van der Waals surface area contributed by atoms with Gasteiger partial charge in [0.2, 0.25) is 5.91 Å².